The van der Waals surface area contributed by atoms with Crippen LogP contribution in [0.25, 0.3) is 0 Å². The van der Waals surface area contributed by atoms with Crippen LogP contribution in [0.5, 0.6) is 0 Å². The van der Waals surface area contributed by atoms with Crippen LogP contribution in [0.4, 0.5) is 4.39 Å². The molecule has 1 N–H and O–H groups in total. The summed E-state index contributed by atoms with van der Waals surface area (Å²) in [5, 5.41) is 2.24. The van der Waals surface area contributed by atoms with Gasteiger partial charge in [-0.05, 0) is 0 Å². The Labute approximate surface area is 52.0 Å². The smallest absolute Gasteiger partial charge is 0.251 e. The summed E-state index contributed by atoms with van der Waals surface area (Å²) >= 11 is 5.17. The van der Waals surface area contributed by atoms with Crippen molar-refractivity contribution in [1.29, 1.82) is 0 Å². The molecule has 48 valence electrons. The van der Waals surface area contributed by atoms with Crippen molar-refractivity contribution in [2.75, 3.05) is 19.1 Å². The Bertz CT molecular complexity index is 78.4. The quantitative estimate of drug-likeness (QED) is 0.561. The second-order valence-electron chi connectivity index (χ2n) is 1.17. The zero-order chi connectivity index (χ0) is 6.41. The average molecular weight is 140 g/mol. The van der Waals surface area contributed by atoms with E-state index in [1.54, 1.807) is 0 Å². The minimum absolute atomic E-state index is 0.325. The Hall–Kier alpha value is -0.310. The highest BCUT2D eigenvalue weighted by molar-refractivity contribution is 6.18. The summed E-state index contributed by atoms with van der Waals surface area (Å²) in [5.74, 6) is -0.281. The largest absolute Gasteiger partial charge is 0.353 e. The fourth-order valence-corrected chi connectivity index (χ4v) is 0.328. The number of carbonyl (C=O) groups is 1. The SMILES string of the molecule is O=C(CF)NCCCl. The number of alkyl halides is 2. The molecule has 0 aliphatic carbocycles. The van der Waals surface area contributed by atoms with Gasteiger partial charge >= 0.3 is 0 Å². The number of hydrogen-bond donors (Lipinski definition) is 1. The molecule has 0 bridgehead atoms. The summed E-state index contributed by atoms with van der Waals surface area (Å²) in [7, 11) is 0. The summed E-state index contributed by atoms with van der Waals surface area (Å²) < 4.78 is 11.3. The number of nitrogens with one attached hydrogen (secondary N) is 1. The van der Waals surface area contributed by atoms with Gasteiger partial charge in [-0.1, -0.05) is 0 Å². The number of carbonyl (C=O) groups excluding carboxylic acids is 1. The van der Waals surface area contributed by atoms with Gasteiger partial charge in [0.25, 0.3) is 5.91 Å². The fraction of sp³-hybridized carbons (Fsp3) is 0.750. The van der Waals surface area contributed by atoms with Gasteiger partial charge in [0.05, 0.1) is 0 Å². The van der Waals surface area contributed by atoms with Crippen molar-refractivity contribution in [3.63, 3.8) is 0 Å². The monoisotopic (exact) mass is 139 g/mol. The Morgan fingerprint density at radius 1 is 1.75 bits per heavy atom. The molecule has 8 heavy (non-hydrogen) atoms. The molecule has 0 aromatic carbocycles. The third-order valence-corrected chi connectivity index (χ3v) is 0.727. The average Bonchev–Trinajstić information content (AvgIpc) is 1.83. The van der Waals surface area contributed by atoms with Gasteiger partial charge in [-0.2, -0.15) is 0 Å². The van der Waals surface area contributed by atoms with Crippen LogP contribution in [0.15, 0.2) is 0 Å². The lowest BCUT2D eigenvalue weighted by Crippen LogP contribution is -2.26. The number of halogens is 2. The molecule has 0 aliphatic heterocycles. The Kier molecular flexibility index (Phi) is 4.65. The normalized spacial score (nSPS) is 8.75. The summed E-state index contributed by atoms with van der Waals surface area (Å²) in [6, 6.07) is 0. The predicted molar refractivity (Wildman–Crippen MR) is 29.7 cm³/mol. The first-order valence-corrected chi connectivity index (χ1v) is 2.73. The number of amides is 1. The van der Waals surface area contributed by atoms with Crippen LogP contribution in [-0.2, 0) is 4.79 Å². The van der Waals surface area contributed by atoms with Crippen LogP contribution in [-0.4, -0.2) is 25.0 Å². The molecule has 4 heteroatoms. The molecule has 0 spiro atoms. The minimum Gasteiger partial charge on any atom is -0.353 e. The van der Waals surface area contributed by atoms with Crippen LogP contribution in [0.3, 0.4) is 0 Å². The van der Waals surface area contributed by atoms with Gasteiger partial charge in [0.2, 0.25) is 0 Å². The highest BCUT2D eigenvalue weighted by Crippen LogP contribution is 1.71. The second kappa shape index (κ2) is 4.84. The van der Waals surface area contributed by atoms with E-state index in [0.717, 1.165) is 0 Å². The maximum Gasteiger partial charge on any atom is 0.251 e. The van der Waals surface area contributed by atoms with E-state index in [4.69, 9.17) is 11.6 Å². The lowest BCUT2D eigenvalue weighted by atomic mass is 10.6. The lowest BCUT2D eigenvalue weighted by molar-refractivity contribution is -0.121. The van der Waals surface area contributed by atoms with E-state index in [9.17, 15) is 9.18 Å². The predicted octanol–water partition coefficient (Wildman–Crippen LogP) is 0.311. The maximum atomic E-state index is 11.3. The number of rotatable bonds is 3. The van der Waals surface area contributed by atoms with Crippen LogP contribution in [0.1, 0.15) is 0 Å². The van der Waals surface area contributed by atoms with E-state index in [0.29, 0.717) is 12.4 Å². The molecule has 0 saturated carbocycles. The van der Waals surface area contributed by atoms with Crippen LogP contribution < -0.4 is 5.32 Å². The third-order valence-electron chi connectivity index (χ3n) is 0.538. The van der Waals surface area contributed by atoms with Crippen molar-refractivity contribution in [2.45, 2.75) is 0 Å². The van der Waals surface area contributed by atoms with Gasteiger partial charge in [0.1, 0.15) is 0 Å². The molecule has 0 heterocycles. The standard InChI is InChI=1S/C4H7ClFNO/c5-1-2-7-4(8)3-6/h1-3H2,(H,7,8). The molecule has 0 atom stereocenters. The summed E-state index contributed by atoms with van der Waals surface area (Å²) in [4.78, 5) is 10.0. The van der Waals surface area contributed by atoms with Gasteiger partial charge < -0.3 is 5.32 Å². The van der Waals surface area contributed by atoms with E-state index in [1.165, 1.54) is 0 Å². The highest BCUT2D eigenvalue weighted by Gasteiger charge is 1.94. The maximum absolute atomic E-state index is 11.3. The first-order chi connectivity index (χ1) is 3.81. The molecule has 0 aromatic rings. The van der Waals surface area contributed by atoms with Crippen LogP contribution in [0.2, 0.25) is 0 Å². The van der Waals surface area contributed by atoms with E-state index in [2.05, 4.69) is 5.32 Å². The van der Waals surface area contributed by atoms with Crippen LogP contribution >= 0.6 is 11.6 Å². The van der Waals surface area contributed by atoms with Crippen molar-refractivity contribution < 1.29 is 9.18 Å². The van der Waals surface area contributed by atoms with Crippen molar-refractivity contribution in [3.8, 4) is 0 Å². The lowest BCUT2D eigenvalue weighted by Gasteiger charge is -1.94. The summed E-state index contributed by atoms with van der Waals surface area (Å²) in [5.41, 5.74) is 0. The first kappa shape index (κ1) is 7.69. The minimum atomic E-state index is -0.961. The zero-order valence-corrected chi connectivity index (χ0v) is 5.04. The molecular formula is C4H7ClFNO. The molecule has 0 aromatic heterocycles. The molecular weight excluding hydrogens is 133 g/mol. The molecule has 0 radical (unpaired) electrons. The van der Waals surface area contributed by atoms with Crippen molar-refractivity contribution in [2.24, 2.45) is 0 Å². The molecule has 0 rings (SSSR count). The van der Waals surface area contributed by atoms with E-state index in [-0.39, 0.29) is 0 Å². The molecule has 0 aliphatic rings. The first-order valence-electron chi connectivity index (χ1n) is 2.20. The van der Waals surface area contributed by atoms with Crippen molar-refractivity contribution in [3.05, 3.63) is 0 Å². The van der Waals surface area contributed by atoms with E-state index in [1.807, 2.05) is 0 Å². The second-order valence-corrected chi connectivity index (χ2v) is 1.55. The Morgan fingerprint density at radius 3 is 2.75 bits per heavy atom. The topological polar surface area (TPSA) is 29.1 Å². The van der Waals surface area contributed by atoms with Crippen LogP contribution in [0, 0.1) is 0 Å². The summed E-state index contributed by atoms with van der Waals surface area (Å²) in [6.45, 7) is -0.624. The van der Waals surface area contributed by atoms with Gasteiger partial charge in [-0.15, -0.1) is 11.6 Å². The molecule has 0 saturated heterocycles. The molecule has 0 unspecified atom stereocenters. The molecule has 0 fully saturated rings. The van der Waals surface area contributed by atoms with Gasteiger partial charge in [0.15, 0.2) is 6.67 Å². The van der Waals surface area contributed by atoms with E-state index >= 15 is 0 Å². The molecule has 2 nitrogen and oxygen atoms in total. The van der Waals surface area contributed by atoms with E-state index < -0.39 is 12.6 Å². The van der Waals surface area contributed by atoms with Crippen molar-refractivity contribution >= 4 is 17.5 Å². The Balaban J connectivity index is 2.99. The van der Waals surface area contributed by atoms with Gasteiger partial charge in [-0.3, -0.25) is 4.79 Å². The van der Waals surface area contributed by atoms with Gasteiger partial charge in [-0.25, -0.2) is 4.39 Å². The highest BCUT2D eigenvalue weighted by atomic mass is 35.5. The van der Waals surface area contributed by atoms with Crippen molar-refractivity contribution in [1.82, 2.24) is 5.32 Å². The molecule has 1 amide bonds. The fourth-order valence-electron chi connectivity index (χ4n) is 0.234. The Morgan fingerprint density at radius 2 is 2.38 bits per heavy atom. The number of hydrogen-bond acceptors (Lipinski definition) is 1. The van der Waals surface area contributed by atoms with Gasteiger partial charge in [0, 0.05) is 12.4 Å². The third kappa shape index (κ3) is 3.87. The zero-order valence-electron chi connectivity index (χ0n) is 4.29. The summed E-state index contributed by atoms with van der Waals surface area (Å²) in [6.07, 6.45) is 0.